The number of carbonyl (C=O) groups is 1. The van der Waals surface area contributed by atoms with Crippen LogP contribution in [-0.4, -0.2) is 48.1 Å². The Morgan fingerprint density at radius 1 is 1.16 bits per heavy atom. The van der Waals surface area contributed by atoms with Crippen LogP contribution in [0.5, 0.6) is 5.75 Å². The van der Waals surface area contributed by atoms with E-state index in [1.807, 2.05) is 39.0 Å². The number of halogens is 3. The number of nitrogens with one attached hydrogen (secondary N) is 1. The van der Waals surface area contributed by atoms with Gasteiger partial charge in [-0.1, -0.05) is 18.0 Å². The normalized spacial score (nSPS) is 14.0. The van der Waals surface area contributed by atoms with Gasteiger partial charge in [0.25, 0.3) is 0 Å². The minimum atomic E-state index is -0.487. The second kappa shape index (κ2) is 13.4. The number of rotatable bonds is 9. The predicted octanol–water partition coefficient (Wildman–Crippen LogP) is 6.75. The Hall–Kier alpha value is -2.41. The molecule has 200 valence electrons. The number of ether oxygens (including phenoxy) is 1. The highest BCUT2D eigenvalue weighted by molar-refractivity contribution is 6.31. The molecule has 0 atom stereocenters. The molecule has 0 saturated carbocycles. The lowest BCUT2D eigenvalue weighted by Crippen LogP contribution is -2.31. The number of fused-ring (bicyclic) bond motifs is 1. The van der Waals surface area contributed by atoms with Crippen molar-refractivity contribution in [3.05, 3.63) is 58.4 Å². The van der Waals surface area contributed by atoms with Gasteiger partial charge in [-0.3, -0.25) is 4.79 Å². The fraction of sp³-hybridized carbons (Fsp3) is 0.448. The molecule has 1 aromatic heterocycles. The van der Waals surface area contributed by atoms with E-state index >= 15 is 0 Å². The van der Waals surface area contributed by atoms with E-state index < -0.39 is 5.82 Å². The van der Waals surface area contributed by atoms with Gasteiger partial charge < -0.3 is 15.0 Å². The largest absolute Gasteiger partial charge is 0.494 e. The van der Waals surface area contributed by atoms with E-state index in [2.05, 4.69) is 10.2 Å². The summed E-state index contributed by atoms with van der Waals surface area (Å²) in [5, 5.41) is 3.92. The molecular weight excluding hydrogens is 512 g/mol. The second-order valence-electron chi connectivity index (χ2n) is 9.88. The molecule has 1 N–H and O–H groups in total. The van der Waals surface area contributed by atoms with Crippen molar-refractivity contribution < 1.29 is 13.9 Å². The third-order valence-corrected chi connectivity index (χ3v) is 6.95. The molecule has 0 aliphatic carbocycles. The lowest BCUT2D eigenvalue weighted by atomic mass is 9.95. The molecule has 1 saturated heterocycles. The van der Waals surface area contributed by atoms with E-state index in [9.17, 15) is 9.18 Å². The molecule has 8 heteroatoms. The van der Waals surface area contributed by atoms with Crippen molar-refractivity contribution in [3.8, 4) is 17.0 Å². The molecule has 1 fully saturated rings. The fourth-order valence-electron chi connectivity index (χ4n) is 4.82. The molecule has 0 bridgehead atoms. The van der Waals surface area contributed by atoms with E-state index in [-0.39, 0.29) is 35.8 Å². The molecule has 0 radical (unpaired) electrons. The van der Waals surface area contributed by atoms with Crippen molar-refractivity contribution in [2.24, 2.45) is 0 Å². The lowest BCUT2D eigenvalue weighted by Gasteiger charge is -2.26. The summed E-state index contributed by atoms with van der Waals surface area (Å²) in [6, 6.07) is 10.4. The quantitative estimate of drug-likeness (QED) is 0.301. The van der Waals surface area contributed by atoms with Gasteiger partial charge in [0.2, 0.25) is 5.91 Å². The van der Waals surface area contributed by atoms with Crippen molar-refractivity contribution in [2.75, 3.05) is 26.2 Å². The van der Waals surface area contributed by atoms with Crippen molar-refractivity contribution in [1.82, 2.24) is 15.2 Å². The average Bonchev–Trinajstić information content (AvgIpc) is 2.85. The first-order valence-electron chi connectivity index (χ1n) is 12.8. The van der Waals surface area contributed by atoms with Gasteiger partial charge >= 0.3 is 0 Å². The Morgan fingerprint density at radius 2 is 1.92 bits per heavy atom. The average molecular weight is 549 g/mol. The molecule has 37 heavy (non-hydrogen) atoms. The van der Waals surface area contributed by atoms with Gasteiger partial charge in [-0.2, -0.15) is 0 Å². The second-order valence-corrected chi connectivity index (χ2v) is 10.3. The zero-order valence-electron chi connectivity index (χ0n) is 21.8. The summed E-state index contributed by atoms with van der Waals surface area (Å²) in [5.74, 6) is 0.217. The van der Waals surface area contributed by atoms with Gasteiger partial charge in [0.05, 0.1) is 29.3 Å². The van der Waals surface area contributed by atoms with Crippen molar-refractivity contribution in [2.45, 2.75) is 58.9 Å². The Bertz CT molecular complexity index is 1230. The summed E-state index contributed by atoms with van der Waals surface area (Å²) in [6.45, 7) is 9.96. The number of amides is 1. The van der Waals surface area contributed by atoms with Crippen LogP contribution in [0.25, 0.3) is 22.2 Å². The summed E-state index contributed by atoms with van der Waals surface area (Å²) in [5.41, 5.74) is 3.85. The zero-order valence-corrected chi connectivity index (χ0v) is 23.4. The fourth-order valence-corrected chi connectivity index (χ4v) is 5.00. The third kappa shape index (κ3) is 7.56. The van der Waals surface area contributed by atoms with Crippen LogP contribution in [0, 0.1) is 12.7 Å². The maximum Gasteiger partial charge on any atom is 0.224 e. The molecule has 2 aromatic carbocycles. The van der Waals surface area contributed by atoms with Gasteiger partial charge in [0, 0.05) is 23.5 Å². The first-order chi connectivity index (χ1) is 17.3. The first kappa shape index (κ1) is 29.2. The highest BCUT2D eigenvalue weighted by Gasteiger charge is 2.19. The summed E-state index contributed by atoms with van der Waals surface area (Å²) >= 11 is 6.08. The smallest absolute Gasteiger partial charge is 0.224 e. The Kier molecular flexibility index (Phi) is 10.6. The van der Waals surface area contributed by atoms with Crippen LogP contribution in [0.3, 0.4) is 0 Å². The summed E-state index contributed by atoms with van der Waals surface area (Å²) < 4.78 is 19.9. The number of benzene rings is 2. The van der Waals surface area contributed by atoms with Crippen LogP contribution in [0.15, 0.2) is 36.4 Å². The molecule has 4 rings (SSSR count). The van der Waals surface area contributed by atoms with Crippen molar-refractivity contribution in [3.63, 3.8) is 0 Å². The molecule has 1 aliphatic heterocycles. The number of nitrogens with zero attached hydrogens (tertiary/aromatic N) is 2. The maximum atomic E-state index is 13.8. The molecule has 0 spiro atoms. The summed E-state index contributed by atoms with van der Waals surface area (Å²) in [6.07, 6.45) is 5.08. The number of carbonyl (C=O) groups excluding carboxylic acids is 1. The minimum absolute atomic E-state index is 0. The predicted molar refractivity (Wildman–Crippen MR) is 152 cm³/mol. The van der Waals surface area contributed by atoms with E-state index in [0.29, 0.717) is 17.9 Å². The molecule has 1 amide bonds. The number of hydrogen-bond acceptors (Lipinski definition) is 4. The molecule has 0 unspecified atom stereocenters. The van der Waals surface area contributed by atoms with Gasteiger partial charge in [-0.25, -0.2) is 9.37 Å². The molecule has 2 heterocycles. The van der Waals surface area contributed by atoms with Crippen molar-refractivity contribution >= 4 is 40.8 Å². The van der Waals surface area contributed by atoms with E-state index in [0.717, 1.165) is 40.7 Å². The van der Waals surface area contributed by atoms with Crippen LogP contribution < -0.4 is 10.1 Å². The highest BCUT2D eigenvalue weighted by atomic mass is 35.5. The van der Waals surface area contributed by atoms with Gasteiger partial charge in [-0.15, -0.1) is 12.4 Å². The number of pyridine rings is 1. The number of aryl methyl sites for hydroxylation is 1. The van der Waals surface area contributed by atoms with Gasteiger partial charge in [0.15, 0.2) is 0 Å². The Morgan fingerprint density at radius 3 is 2.62 bits per heavy atom. The number of likely N-dealkylation sites (tertiary alicyclic amines) is 1. The molecule has 1 aliphatic rings. The van der Waals surface area contributed by atoms with E-state index in [4.69, 9.17) is 21.3 Å². The topological polar surface area (TPSA) is 54.5 Å². The van der Waals surface area contributed by atoms with E-state index in [1.165, 1.54) is 38.4 Å². The Labute approximate surface area is 230 Å². The Balaban J connectivity index is 0.00000380. The number of aromatic nitrogens is 1. The van der Waals surface area contributed by atoms with E-state index in [1.54, 1.807) is 12.1 Å². The maximum absolute atomic E-state index is 13.8. The van der Waals surface area contributed by atoms with Crippen LogP contribution >= 0.6 is 24.0 Å². The number of piperidine rings is 1. The van der Waals surface area contributed by atoms with Gasteiger partial charge in [-0.05, 0) is 101 Å². The van der Waals surface area contributed by atoms with Gasteiger partial charge in [0.1, 0.15) is 11.6 Å². The third-order valence-electron chi connectivity index (χ3n) is 6.66. The minimum Gasteiger partial charge on any atom is -0.494 e. The molecule has 5 nitrogen and oxygen atoms in total. The summed E-state index contributed by atoms with van der Waals surface area (Å²) in [4.78, 5) is 20.1. The van der Waals surface area contributed by atoms with Crippen LogP contribution in [0.1, 0.15) is 50.7 Å². The monoisotopic (exact) mass is 547 g/mol. The summed E-state index contributed by atoms with van der Waals surface area (Å²) in [7, 11) is 0. The zero-order chi connectivity index (χ0) is 25.7. The number of hydrogen-bond donors (Lipinski definition) is 1. The standard InChI is InChI=1S/C29H35ClFN3O2.ClH/c1-19(2)32-28(35)18-24-20(3)23-17-22(36-15-7-14-34-12-5-4-6-13-34)9-11-27(23)33-29(24)21-8-10-26(31)25(30)16-21;/h8-11,16-17,19H,4-7,12-15,18H2,1-3H3,(H,32,35);1H. The molecular formula is C29H36Cl2FN3O2. The van der Waals surface area contributed by atoms with Crippen LogP contribution in [-0.2, 0) is 11.2 Å². The lowest BCUT2D eigenvalue weighted by molar-refractivity contribution is -0.120. The highest BCUT2D eigenvalue weighted by Crippen LogP contribution is 2.33. The first-order valence-corrected chi connectivity index (χ1v) is 13.2. The van der Waals surface area contributed by atoms with Crippen LogP contribution in [0.4, 0.5) is 4.39 Å². The van der Waals surface area contributed by atoms with Crippen molar-refractivity contribution in [1.29, 1.82) is 0 Å². The van der Waals surface area contributed by atoms with Crippen LogP contribution in [0.2, 0.25) is 5.02 Å². The molecule has 3 aromatic rings. The SMILES string of the molecule is Cc1c(CC(=O)NC(C)C)c(-c2ccc(F)c(Cl)c2)nc2ccc(OCCCN3CCCCC3)cc12.Cl.